The number of benzene rings is 1. The Morgan fingerprint density at radius 2 is 1.74 bits per heavy atom. The average Bonchev–Trinajstić information content (AvgIpc) is 3.17. The second-order valence-corrected chi connectivity index (χ2v) is 6.68. The highest BCUT2D eigenvalue weighted by atomic mass is 32.1. The predicted octanol–water partition coefficient (Wildman–Crippen LogP) is 4.28. The quantitative estimate of drug-likeness (QED) is 0.593. The van der Waals surface area contributed by atoms with E-state index in [0.717, 1.165) is 52.2 Å². The minimum absolute atomic E-state index is 0.655. The molecule has 0 spiro atoms. The number of rotatable bonds is 9. The van der Waals surface area contributed by atoms with Gasteiger partial charge in [-0.25, -0.2) is 9.97 Å². The van der Waals surface area contributed by atoms with Crippen molar-refractivity contribution in [2.75, 3.05) is 32.7 Å². The second kappa shape index (κ2) is 9.23. The molecule has 27 heavy (non-hydrogen) atoms. The van der Waals surface area contributed by atoms with Crippen LogP contribution in [0, 0.1) is 0 Å². The number of nitrogens with zero attached hydrogens (tertiary/aromatic N) is 2. The third-order valence-corrected chi connectivity index (χ3v) is 4.87. The van der Waals surface area contributed by atoms with E-state index in [1.54, 1.807) is 31.9 Å². The molecular weight excluding hydrogens is 362 g/mol. The first-order valence-corrected chi connectivity index (χ1v) is 9.59. The van der Waals surface area contributed by atoms with E-state index in [0.29, 0.717) is 6.61 Å². The van der Waals surface area contributed by atoms with Gasteiger partial charge in [0.1, 0.15) is 29.4 Å². The molecule has 0 aliphatic heterocycles. The SMILES string of the molecule is CCOc1csc(-c2cc(NCCc3cc(OC)cc(OC)c3)ncn2)c1. The molecule has 2 aromatic heterocycles. The Labute approximate surface area is 163 Å². The van der Waals surface area contributed by atoms with Crippen LogP contribution in [0.3, 0.4) is 0 Å². The van der Waals surface area contributed by atoms with Gasteiger partial charge in [-0.3, -0.25) is 0 Å². The lowest BCUT2D eigenvalue weighted by Gasteiger charge is -2.10. The fourth-order valence-corrected chi connectivity index (χ4v) is 3.43. The lowest BCUT2D eigenvalue weighted by Crippen LogP contribution is -2.07. The van der Waals surface area contributed by atoms with Gasteiger partial charge in [0.05, 0.1) is 31.4 Å². The molecule has 0 radical (unpaired) electrons. The normalized spacial score (nSPS) is 10.5. The largest absolute Gasteiger partial charge is 0.497 e. The van der Waals surface area contributed by atoms with Crippen molar-refractivity contribution < 1.29 is 14.2 Å². The summed E-state index contributed by atoms with van der Waals surface area (Å²) in [7, 11) is 3.31. The van der Waals surface area contributed by atoms with Gasteiger partial charge in [-0.2, -0.15) is 0 Å². The number of ether oxygens (including phenoxy) is 3. The van der Waals surface area contributed by atoms with Crippen LogP contribution >= 0.6 is 11.3 Å². The summed E-state index contributed by atoms with van der Waals surface area (Å²) in [5.74, 6) is 3.24. The maximum absolute atomic E-state index is 5.52. The van der Waals surface area contributed by atoms with Crippen LogP contribution in [-0.2, 0) is 6.42 Å². The van der Waals surface area contributed by atoms with E-state index in [-0.39, 0.29) is 0 Å². The van der Waals surface area contributed by atoms with Crippen molar-refractivity contribution >= 4 is 17.2 Å². The molecular formula is C20H23N3O3S. The van der Waals surface area contributed by atoms with E-state index >= 15 is 0 Å². The molecule has 142 valence electrons. The summed E-state index contributed by atoms with van der Waals surface area (Å²) < 4.78 is 16.2. The maximum atomic E-state index is 5.52. The fraction of sp³-hybridized carbons (Fsp3) is 0.300. The summed E-state index contributed by atoms with van der Waals surface area (Å²) in [5, 5.41) is 5.34. The van der Waals surface area contributed by atoms with Crippen molar-refractivity contribution in [2.45, 2.75) is 13.3 Å². The molecule has 2 heterocycles. The van der Waals surface area contributed by atoms with E-state index in [9.17, 15) is 0 Å². The Bertz CT molecular complexity index is 860. The van der Waals surface area contributed by atoms with E-state index in [1.807, 2.05) is 42.6 Å². The highest BCUT2D eigenvalue weighted by molar-refractivity contribution is 7.13. The summed E-state index contributed by atoms with van der Waals surface area (Å²) in [6.45, 7) is 3.37. The number of aromatic nitrogens is 2. The van der Waals surface area contributed by atoms with Crippen LogP contribution < -0.4 is 19.5 Å². The number of hydrogen-bond acceptors (Lipinski definition) is 7. The van der Waals surface area contributed by atoms with E-state index in [1.165, 1.54) is 0 Å². The zero-order chi connectivity index (χ0) is 19.1. The van der Waals surface area contributed by atoms with Crippen molar-refractivity contribution in [3.8, 4) is 27.8 Å². The Morgan fingerprint density at radius 1 is 0.963 bits per heavy atom. The molecule has 0 aliphatic carbocycles. The predicted molar refractivity (Wildman–Crippen MR) is 108 cm³/mol. The number of methoxy groups -OCH3 is 2. The van der Waals surface area contributed by atoms with Crippen LogP contribution in [0.25, 0.3) is 10.6 Å². The van der Waals surface area contributed by atoms with E-state index in [4.69, 9.17) is 14.2 Å². The molecule has 0 aliphatic rings. The van der Waals surface area contributed by atoms with Gasteiger partial charge < -0.3 is 19.5 Å². The number of nitrogens with one attached hydrogen (secondary N) is 1. The third kappa shape index (κ3) is 5.10. The minimum Gasteiger partial charge on any atom is -0.497 e. The van der Waals surface area contributed by atoms with Crippen LogP contribution in [0.1, 0.15) is 12.5 Å². The van der Waals surface area contributed by atoms with Crippen LogP contribution in [0.4, 0.5) is 5.82 Å². The number of anilines is 1. The molecule has 0 amide bonds. The van der Waals surface area contributed by atoms with Gasteiger partial charge >= 0.3 is 0 Å². The average molecular weight is 385 g/mol. The lowest BCUT2D eigenvalue weighted by atomic mass is 10.1. The van der Waals surface area contributed by atoms with Crippen LogP contribution in [0.5, 0.6) is 17.2 Å². The first-order valence-electron chi connectivity index (χ1n) is 8.71. The first kappa shape index (κ1) is 19.0. The van der Waals surface area contributed by atoms with Gasteiger partial charge in [0, 0.05) is 30.1 Å². The van der Waals surface area contributed by atoms with Crippen molar-refractivity contribution in [1.29, 1.82) is 0 Å². The lowest BCUT2D eigenvalue weighted by molar-refractivity contribution is 0.342. The Balaban J connectivity index is 1.63. The van der Waals surface area contributed by atoms with Crippen LogP contribution in [-0.4, -0.2) is 37.3 Å². The molecule has 7 heteroatoms. The smallest absolute Gasteiger partial charge is 0.130 e. The van der Waals surface area contributed by atoms with E-state index in [2.05, 4.69) is 15.3 Å². The molecule has 0 saturated carbocycles. The third-order valence-electron chi connectivity index (χ3n) is 3.94. The monoisotopic (exact) mass is 385 g/mol. The molecule has 0 bridgehead atoms. The highest BCUT2D eigenvalue weighted by Crippen LogP contribution is 2.30. The summed E-state index contributed by atoms with van der Waals surface area (Å²) in [5.41, 5.74) is 2.01. The van der Waals surface area contributed by atoms with Gasteiger partial charge in [0.15, 0.2) is 0 Å². The standard InChI is InChI=1S/C20H23N3O3S/c1-4-26-17-10-19(27-12-17)18-11-20(23-13-22-18)21-6-5-14-7-15(24-2)9-16(8-14)25-3/h7-13H,4-6H2,1-3H3,(H,21,22,23). The maximum Gasteiger partial charge on any atom is 0.130 e. The second-order valence-electron chi connectivity index (χ2n) is 5.77. The summed E-state index contributed by atoms with van der Waals surface area (Å²) in [6, 6.07) is 9.84. The first-order chi connectivity index (χ1) is 13.2. The fourth-order valence-electron chi connectivity index (χ4n) is 2.63. The van der Waals surface area contributed by atoms with Gasteiger partial charge in [-0.15, -0.1) is 11.3 Å². The van der Waals surface area contributed by atoms with Gasteiger partial charge in [0.2, 0.25) is 0 Å². The molecule has 0 saturated heterocycles. The topological polar surface area (TPSA) is 65.5 Å². The Hall–Kier alpha value is -2.80. The molecule has 0 fully saturated rings. The zero-order valence-corrected chi connectivity index (χ0v) is 16.5. The minimum atomic E-state index is 0.655. The van der Waals surface area contributed by atoms with Crippen molar-refractivity contribution in [3.05, 3.63) is 47.6 Å². The van der Waals surface area contributed by atoms with Gasteiger partial charge in [-0.05, 0) is 31.0 Å². The van der Waals surface area contributed by atoms with Gasteiger partial charge in [0.25, 0.3) is 0 Å². The van der Waals surface area contributed by atoms with Crippen LogP contribution in [0.15, 0.2) is 42.0 Å². The summed E-state index contributed by atoms with van der Waals surface area (Å²) >= 11 is 1.61. The van der Waals surface area contributed by atoms with Crippen LogP contribution in [0.2, 0.25) is 0 Å². The summed E-state index contributed by atoms with van der Waals surface area (Å²) in [6.07, 6.45) is 2.40. The number of hydrogen-bond donors (Lipinski definition) is 1. The molecule has 1 N–H and O–H groups in total. The molecule has 3 aromatic rings. The van der Waals surface area contributed by atoms with Gasteiger partial charge in [-0.1, -0.05) is 0 Å². The highest BCUT2D eigenvalue weighted by Gasteiger charge is 2.07. The number of thiophene rings is 1. The summed E-state index contributed by atoms with van der Waals surface area (Å²) in [4.78, 5) is 9.73. The van der Waals surface area contributed by atoms with Crippen molar-refractivity contribution in [3.63, 3.8) is 0 Å². The van der Waals surface area contributed by atoms with Crippen molar-refractivity contribution in [2.24, 2.45) is 0 Å². The van der Waals surface area contributed by atoms with Crippen molar-refractivity contribution in [1.82, 2.24) is 9.97 Å². The molecule has 0 unspecified atom stereocenters. The zero-order valence-electron chi connectivity index (χ0n) is 15.7. The molecule has 1 aromatic carbocycles. The Kier molecular flexibility index (Phi) is 6.49. The Morgan fingerprint density at radius 3 is 2.44 bits per heavy atom. The molecule has 6 nitrogen and oxygen atoms in total. The molecule has 0 atom stereocenters. The van der Waals surface area contributed by atoms with E-state index < -0.39 is 0 Å². The molecule has 3 rings (SSSR count).